The molecule has 2 aromatic carbocycles. The van der Waals surface area contributed by atoms with E-state index in [0.717, 1.165) is 29.6 Å². The van der Waals surface area contributed by atoms with Gasteiger partial charge in [-0.1, -0.05) is 30.3 Å². The molecule has 0 aliphatic heterocycles. The van der Waals surface area contributed by atoms with Crippen molar-refractivity contribution in [1.82, 2.24) is 10.2 Å². The van der Waals surface area contributed by atoms with Gasteiger partial charge in [-0.15, -0.1) is 0 Å². The Hall–Kier alpha value is -2.73. The summed E-state index contributed by atoms with van der Waals surface area (Å²) >= 11 is 0. The van der Waals surface area contributed by atoms with Gasteiger partial charge < -0.3 is 24.8 Å². The molecular formula is C21H29N3O3. The third-order valence-corrected chi connectivity index (χ3v) is 4.03. The summed E-state index contributed by atoms with van der Waals surface area (Å²) < 4.78 is 10.9. The second kappa shape index (κ2) is 11.1. The Labute approximate surface area is 161 Å². The smallest absolute Gasteiger partial charge is 0.193 e. The molecule has 0 aliphatic rings. The van der Waals surface area contributed by atoms with Gasteiger partial charge in [0.15, 0.2) is 5.96 Å². The molecule has 0 bridgehead atoms. The first kappa shape index (κ1) is 20.6. The Balaban J connectivity index is 1.91. The number of likely N-dealkylation sites (N-methyl/N-ethyl adjacent to an activating group) is 1. The van der Waals surface area contributed by atoms with Crippen molar-refractivity contribution in [1.29, 1.82) is 0 Å². The number of aliphatic hydroxyl groups is 1. The molecule has 0 aliphatic carbocycles. The number of rotatable bonds is 9. The summed E-state index contributed by atoms with van der Waals surface area (Å²) in [5.74, 6) is 2.30. The fourth-order valence-electron chi connectivity index (χ4n) is 2.52. The van der Waals surface area contributed by atoms with Crippen LogP contribution in [0, 0.1) is 0 Å². The molecule has 0 saturated carbocycles. The second-order valence-electron chi connectivity index (χ2n) is 6.07. The normalized spacial score (nSPS) is 12.4. The van der Waals surface area contributed by atoms with Gasteiger partial charge in [-0.05, 0) is 36.8 Å². The summed E-state index contributed by atoms with van der Waals surface area (Å²) in [6.45, 7) is 4.25. The number of benzene rings is 2. The zero-order valence-electron chi connectivity index (χ0n) is 16.3. The van der Waals surface area contributed by atoms with E-state index < -0.39 is 6.10 Å². The quantitative estimate of drug-likeness (QED) is 0.524. The summed E-state index contributed by atoms with van der Waals surface area (Å²) in [5.41, 5.74) is 0.781. The van der Waals surface area contributed by atoms with E-state index in [0.29, 0.717) is 13.2 Å². The number of methoxy groups -OCH3 is 1. The van der Waals surface area contributed by atoms with Crippen LogP contribution in [0.4, 0.5) is 0 Å². The Morgan fingerprint density at radius 1 is 1.15 bits per heavy atom. The van der Waals surface area contributed by atoms with E-state index in [9.17, 15) is 5.11 Å². The standard InChI is InChI=1S/C21H29N3O3/c1-4-22-21(24(2)13-14-27-18-10-6-5-7-11-18)23-16-20(25)17-9-8-12-19(15-17)26-3/h5-12,15,20,25H,4,13-14,16H2,1-3H3,(H,22,23). The second-order valence-corrected chi connectivity index (χ2v) is 6.07. The molecule has 6 nitrogen and oxygen atoms in total. The van der Waals surface area contributed by atoms with Crippen molar-refractivity contribution in [3.8, 4) is 11.5 Å². The van der Waals surface area contributed by atoms with Gasteiger partial charge in [0.2, 0.25) is 0 Å². The number of para-hydroxylation sites is 1. The van der Waals surface area contributed by atoms with Crippen molar-refractivity contribution >= 4 is 5.96 Å². The van der Waals surface area contributed by atoms with E-state index in [1.807, 2.05) is 73.5 Å². The zero-order valence-corrected chi connectivity index (χ0v) is 16.3. The number of nitrogens with zero attached hydrogens (tertiary/aromatic N) is 2. The van der Waals surface area contributed by atoms with Crippen molar-refractivity contribution in [2.75, 3.05) is 40.4 Å². The molecule has 146 valence electrons. The molecule has 0 fully saturated rings. The first-order chi connectivity index (χ1) is 13.1. The van der Waals surface area contributed by atoms with Crippen molar-refractivity contribution in [3.63, 3.8) is 0 Å². The minimum Gasteiger partial charge on any atom is -0.497 e. The Morgan fingerprint density at radius 2 is 1.89 bits per heavy atom. The van der Waals surface area contributed by atoms with Crippen LogP contribution < -0.4 is 14.8 Å². The highest BCUT2D eigenvalue weighted by Crippen LogP contribution is 2.19. The molecule has 1 atom stereocenters. The predicted molar refractivity (Wildman–Crippen MR) is 108 cm³/mol. The van der Waals surface area contributed by atoms with Crippen LogP contribution in [0.2, 0.25) is 0 Å². The Kier molecular flexibility index (Phi) is 8.45. The van der Waals surface area contributed by atoms with Gasteiger partial charge in [-0.25, -0.2) is 0 Å². The lowest BCUT2D eigenvalue weighted by atomic mass is 10.1. The topological polar surface area (TPSA) is 66.3 Å². The van der Waals surface area contributed by atoms with Crippen molar-refractivity contribution in [3.05, 3.63) is 60.2 Å². The summed E-state index contributed by atoms with van der Waals surface area (Å²) in [7, 11) is 3.56. The Morgan fingerprint density at radius 3 is 2.59 bits per heavy atom. The monoisotopic (exact) mass is 371 g/mol. The zero-order chi connectivity index (χ0) is 19.5. The molecule has 6 heteroatoms. The molecule has 0 spiro atoms. The molecule has 0 saturated heterocycles. The van der Waals surface area contributed by atoms with Crippen molar-refractivity contribution in [2.24, 2.45) is 4.99 Å². The maximum absolute atomic E-state index is 10.4. The molecule has 1 unspecified atom stereocenters. The van der Waals surface area contributed by atoms with Gasteiger partial charge in [-0.2, -0.15) is 0 Å². The van der Waals surface area contributed by atoms with Crippen LogP contribution in [0.15, 0.2) is 59.6 Å². The van der Waals surface area contributed by atoms with Gasteiger partial charge in [0.1, 0.15) is 18.1 Å². The first-order valence-corrected chi connectivity index (χ1v) is 9.13. The maximum atomic E-state index is 10.4. The van der Waals surface area contributed by atoms with E-state index in [1.165, 1.54) is 0 Å². The van der Waals surface area contributed by atoms with Gasteiger partial charge in [0.05, 0.1) is 26.3 Å². The molecule has 0 heterocycles. The van der Waals surface area contributed by atoms with Gasteiger partial charge in [0.25, 0.3) is 0 Å². The number of guanidine groups is 1. The van der Waals surface area contributed by atoms with Crippen LogP contribution in [0.25, 0.3) is 0 Å². The molecule has 2 aromatic rings. The van der Waals surface area contributed by atoms with Crippen molar-refractivity contribution < 1.29 is 14.6 Å². The van der Waals surface area contributed by atoms with E-state index in [2.05, 4.69) is 10.3 Å². The summed E-state index contributed by atoms with van der Waals surface area (Å²) in [6, 6.07) is 17.1. The van der Waals surface area contributed by atoms with Gasteiger partial charge >= 0.3 is 0 Å². The maximum Gasteiger partial charge on any atom is 0.193 e. The first-order valence-electron chi connectivity index (χ1n) is 9.13. The predicted octanol–water partition coefficient (Wildman–Crippen LogP) is 2.70. The fourth-order valence-corrected chi connectivity index (χ4v) is 2.52. The molecule has 2 N–H and O–H groups in total. The number of hydrogen-bond donors (Lipinski definition) is 2. The van der Waals surface area contributed by atoms with Crippen LogP contribution in [0.1, 0.15) is 18.6 Å². The molecular weight excluding hydrogens is 342 g/mol. The van der Waals surface area contributed by atoms with E-state index in [-0.39, 0.29) is 6.54 Å². The lowest BCUT2D eigenvalue weighted by Gasteiger charge is -2.22. The summed E-state index contributed by atoms with van der Waals surface area (Å²) in [4.78, 5) is 6.55. The van der Waals surface area contributed by atoms with Crippen LogP contribution >= 0.6 is 0 Å². The van der Waals surface area contributed by atoms with Crippen LogP contribution in [-0.2, 0) is 0 Å². The van der Waals surface area contributed by atoms with E-state index in [1.54, 1.807) is 7.11 Å². The molecule has 0 radical (unpaired) electrons. The van der Waals surface area contributed by atoms with Gasteiger partial charge in [-0.3, -0.25) is 4.99 Å². The summed E-state index contributed by atoms with van der Waals surface area (Å²) in [6.07, 6.45) is -0.692. The largest absolute Gasteiger partial charge is 0.497 e. The molecule has 0 amide bonds. The van der Waals surface area contributed by atoms with E-state index >= 15 is 0 Å². The lowest BCUT2D eigenvalue weighted by molar-refractivity contribution is 0.186. The van der Waals surface area contributed by atoms with Crippen LogP contribution in [0.5, 0.6) is 11.5 Å². The fraction of sp³-hybridized carbons (Fsp3) is 0.381. The highest BCUT2D eigenvalue weighted by molar-refractivity contribution is 5.79. The molecule has 0 aromatic heterocycles. The average Bonchev–Trinajstić information content (AvgIpc) is 2.71. The van der Waals surface area contributed by atoms with Crippen molar-refractivity contribution in [2.45, 2.75) is 13.0 Å². The third kappa shape index (κ3) is 6.83. The molecule has 27 heavy (non-hydrogen) atoms. The Bertz CT molecular complexity index is 707. The molecule has 2 rings (SSSR count). The number of aliphatic imine (C=N–C) groups is 1. The summed E-state index contributed by atoms with van der Waals surface area (Å²) in [5, 5.41) is 13.7. The highest BCUT2D eigenvalue weighted by Gasteiger charge is 2.11. The SMILES string of the molecule is CCNC(=NCC(O)c1cccc(OC)c1)N(C)CCOc1ccccc1. The van der Waals surface area contributed by atoms with E-state index in [4.69, 9.17) is 9.47 Å². The minimum atomic E-state index is -0.692. The number of ether oxygens (including phenoxy) is 2. The number of nitrogens with one attached hydrogen (secondary N) is 1. The van der Waals surface area contributed by atoms with Crippen LogP contribution in [0.3, 0.4) is 0 Å². The van der Waals surface area contributed by atoms with Crippen LogP contribution in [-0.4, -0.2) is 56.4 Å². The minimum absolute atomic E-state index is 0.263. The lowest BCUT2D eigenvalue weighted by Crippen LogP contribution is -2.41. The average molecular weight is 371 g/mol. The highest BCUT2D eigenvalue weighted by atomic mass is 16.5. The number of hydrogen-bond acceptors (Lipinski definition) is 4. The number of aliphatic hydroxyl groups excluding tert-OH is 1. The van der Waals surface area contributed by atoms with Gasteiger partial charge in [0, 0.05) is 13.6 Å². The third-order valence-electron chi connectivity index (χ3n) is 4.03.